The fourth-order valence-electron chi connectivity index (χ4n) is 3.00. The van der Waals surface area contributed by atoms with Gasteiger partial charge in [0.05, 0.1) is 31.4 Å². The van der Waals surface area contributed by atoms with Crippen molar-refractivity contribution in [3.05, 3.63) is 30.1 Å². The van der Waals surface area contributed by atoms with Gasteiger partial charge in [0.15, 0.2) is 6.29 Å². The summed E-state index contributed by atoms with van der Waals surface area (Å²) in [4.78, 5) is 12.2. The maximum Gasteiger partial charge on any atom is 0.319 e. The predicted molar refractivity (Wildman–Crippen MR) is 86.6 cm³/mol. The molecule has 2 aliphatic heterocycles. The number of ether oxygens (including phenoxy) is 3. The van der Waals surface area contributed by atoms with Crippen molar-refractivity contribution < 1.29 is 28.5 Å². The molecule has 0 saturated carbocycles. The second-order valence-corrected chi connectivity index (χ2v) is 5.97. The number of aliphatic hydroxyl groups excluding tert-OH is 1. The maximum atomic E-state index is 12.9. The van der Waals surface area contributed by atoms with Gasteiger partial charge in [-0.15, -0.1) is 0 Å². The summed E-state index contributed by atoms with van der Waals surface area (Å²) in [5.41, 5.74) is 0.445. The highest BCUT2D eigenvalue weighted by atomic mass is 19.1. The first-order chi connectivity index (χ1) is 12.1. The summed E-state index contributed by atoms with van der Waals surface area (Å²) in [6.07, 6.45) is -1.88. The third-order valence-corrected chi connectivity index (χ3v) is 4.25. The van der Waals surface area contributed by atoms with Gasteiger partial charge in [0.1, 0.15) is 11.9 Å². The van der Waals surface area contributed by atoms with Gasteiger partial charge in [-0.25, -0.2) is 9.18 Å². The number of carbonyl (C=O) groups is 1. The summed E-state index contributed by atoms with van der Waals surface area (Å²) in [6.45, 7) is 1.27. The second kappa shape index (κ2) is 8.07. The molecule has 2 heterocycles. The fraction of sp³-hybridized carbons (Fsp3) is 0.562. The Kier molecular flexibility index (Phi) is 5.82. The van der Waals surface area contributed by atoms with Crippen LogP contribution in [0.3, 0.4) is 0 Å². The van der Waals surface area contributed by atoms with Gasteiger partial charge in [-0.05, 0) is 24.3 Å². The van der Waals surface area contributed by atoms with Gasteiger partial charge in [0.2, 0.25) is 0 Å². The van der Waals surface area contributed by atoms with Crippen molar-refractivity contribution in [2.24, 2.45) is 0 Å². The Bertz CT molecular complexity index is 588. The van der Waals surface area contributed by atoms with Gasteiger partial charge in [0, 0.05) is 19.3 Å². The van der Waals surface area contributed by atoms with E-state index in [4.69, 9.17) is 14.2 Å². The van der Waals surface area contributed by atoms with Crippen molar-refractivity contribution in [2.45, 2.75) is 30.6 Å². The largest absolute Gasteiger partial charge is 0.389 e. The minimum Gasteiger partial charge on any atom is -0.389 e. The Morgan fingerprint density at radius 1 is 1.36 bits per heavy atom. The minimum atomic E-state index is -0.887. The van der Waals surface area contributed by atoms with Crippen LogP contribution in [-0.4, -0.2) is 68.6 Å². The molecule has 25 heavy (non-hydrogen) atoms. The summed E-state index contributed by atoms with van der Waals surface area (Å²) in [5.74, 6) is -0.388. The Hall–Kier alpha value is -1.78. The molecule has 2 saturated heterocycles. The summed E-state index contributed by atoms with van der Waals surface area (Å²) < 4.78 is 29.1. The highest BCUT2D eigenvalue weighted by molar-refractivity contribution is 5.89. The lowest BCUT2D eigenvalue weighted by Gasteiger charge is -2.39. The van der Waals surface area contributed by atoms with Crippen LogP contribution >= 0.6 is 0 Å². The lowest BCUT2D eigenvalue weighted by Crippen LogP contribution is -2.65. The maximum absolute atomic E-state index is 12.9. The zero-order valence-corrected chi connectivity index (χ0v) is 13.8. The molecule has 1 aromatic rings. The Labute approximate surface area is 144 Å². The fourth-order valence-corrected chi connectivity index (χ4v) is 3.00. The highest BCUT2D eigenvalue weighted by Crippen LogP contribution is 2.28. The molecule has 5 unspecified atom stereocenters. The molecule has 1 aromatic carbocycles. The molecule has 2 aliphatic rings. The number of rotatable bonds is 6. The number of halogens is 1. The van der Waals surface area contributed by atoms with E-state index in [9.17, 15) is 14.3 Å². The molecule has 0 radical (unpaired) electrons. The summed E-state index contributed by atoms with van der Waals surface area (Å²) in [7, 11) is 1.59. The first-order valence-electron chi connectivity index (χ1n) is 8.09. The quantitative estimate of drug-likeness (QED) is 0.538. The van der Waals surface area contributed by atoms with E-state index in [1.54, 1.807) is 7.11 Å². The number of amides is 2. The van der Waals surface area contributed by atoms with Crippen molar-refractivity contribution >= 4 is 11.7 Å². The zero-order chi connectivity index (χ0) is 17.8. The van der Waals surface area contributed by atoms with Gasteiger partial charge < -0.3 is 35.3 Å². The minimum absolute atomic E-state index is 0.283. The van der Waals surface area contributed by atoms with Crippen LogP contribution in [0.25, 0.3) is 0 Å². The third-order valence-electron chi connectivity index (χ3n) is 4.25. The Morgan fingerprint density at radius 3 is 2.84 bits per heavy atom. The van der Waals surface area contributed by atoms with Crippen molar-refractivity contribution in [3.8, 4) is 0 Å². The normalized spacial score (nSPS) is 30.9. The van der Waals surface area contributed by atoms with Gasteiger partial charge in [-0.1, -0.05) is 0 Å². The number of hydrogen-bond donors (Lipinski definition) is 4. The van der Waals surface area contributed by atoms with Crippen LogP contribution in [0.5, 0.6) is 0 Å². The SMILES string of the molecule is COCCNC1C2OCC(O2)C(NC(=O)Nc2ccc(F)cc2)C1O. The van der Waals surface area contributed by atoms with Gasteiger partial charge in [-0.2, -0.15) is 0 Å². The molecule has 5 atom stereocenters. The number of methoxy groups -OCH3 is 1. The molecule has 2 bridgehead atoms. The van der Waals surface area contributed by atoms with Crippen LogP contribution in [-0.2, 0) is 14.2 Å². The molecule has 2 fully saturated rings. The van der Waals surface area contributed by atoms with Gasteiger partial charge >= 0.3 is 6.03 Å². The lowest BCUT2D eigenvalue weighted by atomic mass is 9.96. The standard InChI is InChI=1S/C16H22FN3O5/c1-23-7-6-18-13-14(21)12(11-8-24-15(13)25-11)20-16(22)19-10-4-2-9(17)3-5-10/h2-5,11-15,18,21H,6-8H2,1H3,(H2,19,20,22). The molecule has 0 aromatic heterocycles. The average molecular weight is 355 g/mol. The highest BCUT2D eigenvalue weighted by Gasteiger charge is 2.50. The third kappa shape index (κ3) is 4.25. The number of carbonyl (C=O) groups excluding carboxylic acids is 1. The summed E-state index contributed by atoms with van der Waals surface area (Å²) >= 11 is 0. The van der Waals surface area contributed by atoms with Crippen LogP contribution in [0.15, 0.2) is 24.3 Å². The van der Waals surface area contributed by atoms with Crippen LogP contribution in [0.2, 0.25) is 0 Å². The molecule has 0 aliphatic carbocycles. The van der Waals surface area contributed by atoms with E-state index in [-0.39, 0.29) is 12.4 Å². The van der Waals surface area contributed by atoms with Crippen molar-refractivity contribution in [1.82, 2.24) is 10.6 Å². The molecule has 8 nitrogen and oxygen atoms in total. The number of nitrogens with one attached hydrogen (secondary N) is 3. The first kappa shape index (κ1) is 18.0. The molecule has 4 N–H and O–H groups in total. The molecular weight excluding hydrogens is 333 g/mol. The van der Waals surface area contributed by atoms with Crippen LogP contribution in [0, 0.1) is 5.82 Å². The van der Waals surface area contributed by atoms with E-state index in [2.05, 4.69) is 16.0 Å². The molecular formula is C16H22FN3O5. The van der Waals surface area contributed by atoms with Gasteiger partial charge in [0.25, 0.3) is 0 Å². The Morgan fingerprint density at radius 2 is 2.12 bits per heavy atom. The number of urea groups is 1. The van der Waals surface area contributed by atoms with Crippen LogP contribution in [0.1, 0.15) is 0 Å². The Balaban J connectivity index is 1.60. The van der Waals surface area contributed by atoms with Crippen molar-refractivity contribution in [2.75, 3.05) is 32.2 Å². The molecule has 138 valence electrons. The first-order valence-corrected chi connectivity index (χ1v) is 8.09. The van der Waals surface area contributed by atoms with Crippen molar-refractivity contribution in [3.63, 3.8) is 0 Å². The summed E-state index contributed by atoms with van der Waals surface area (Å²) in [5, 5.41) is 19.0. The van der Waals surface area contributed by atoms with Crippen LogP contribution in [0.4, 0.5) is 14.9 Å². The monoisotopic (exact) mass is 355 g/mol. The predicted octanol–water partition coefficient (Wildman–Crippen LogP) is 0.0364. The van der Waals surface area contributed by atoms with Crippen molar-refractivity contribution in [1.29, 1.82) is 0 Å². The van der Waals surface area contributed by atoms with E-state index in [1.165, 1.54) is 24.3 Å². The van der Waals surface area contributed by atoms with Gasteiger partial charge in [-0.3, -0.25) is 0 Å². The number of benzene rings is 1. The second-order valence-electron chi connectivity index (χ2n) is 5.97. The van der Waals surface area contributed by atoms with Crippen LogP contribution < -0.4 is 16.0 Å². The number of hydrogen-bond acceptors (Lipinski definition) is 6. The molecule has 9 heteroatoms. The van der Waals surface area contributed by atoms with E-state index in [0.29, 0.717) is 18.8 Å². The topological polar surface area (TPSA) is 101 Å². The smallest absolute Gasteiger partial charge is 0.319 e. The number of anilines is 1. The van der Waals surface area contributed by atoms with E-state index in [0.717, 1.165) is 0 Å². The average Bonchev–Trinajstić information content (AvgIpc) is 3.03. The molecule has 2 amide bonds. The zero-order valence-electron chi connectivity index (χ0n) is 13.8. The number of fused-ring (bicyclic) bond motifs is 2. The molecule has 0 spiro atoms. The van der Waals surface area contributed by atoms with E-state index >= 15 is 0 Å². The molecule has 3 rings (SSSR count). The van der Waals surface area contributed by atoms with E-state index < -0.39 is 36.6 Å². The van der Waals surface area contributed by atoms with E-state index in [1.807, 2.05) is 0 Å². The summed E-state index contributed by atoms with van der Waals surface area (Å²) in [6, 6.07) is 3.77. The lowest BCUT2D eigenvalue weighted by molar-refractivity contribution is -0.151. The number of aliphatic hydroxyl groups is 1.